The molecule has 0 saturated heterocycles. The van der Waals surface area contributed by atoms with Crippen molar-refractivity contribution in [3.05, 3.63) is 35.6 Å². The Morgan fingerprint density at radius 1 is 1.22 bits per heavy atom. The van der Waals surface area contributed by atoms with Crippen molar-refractivity contribution in [3.63, 3.8) is 0 Å². The van der Waals surface area contributed by atoms with Gasteiger partial charge in [0.15, 0.2) is 0 Å². The summed E-state index contributed by atoms with van der Waals surface area (Å²) in [5, 5.41) is 3.56. The Labute approximate surface area is 110 Å². The zero-order valence-corrected chi connectivity index (χ0v) is 11.3. The molecule has 1 N–H and O–H groups in total. The third kappa shape index (κ3) is 4.09. The summed E-state index contributed by atoms with van der Waals surface area (Å²) in [5.41, 5.74) is 1.04. The van der Waals surface area contributed by atoms with Crippen LogP contribution in [0.3, 0.4) is 0 Å². The van der Waals surface area contributed by atoms with E-state index in [1.807, 2.05) is 6.07 Å². The van der Waals surface area contributed by atoms with Gasteiger partial charge in [-0.2, -0.15) is 0 Å². The maximum atomic E-state index is 13.1. The van der Waals surface area contributed by atoms with E-state index in [1.165, 1.54) is 44.6 Å². The lowest BCUT2D eigenvalue weighted by Gasteiger charge is -2.23. The minimum atomic E-state index is -0.142. The number of nitrogens with one attached hydrogen (secondary N) is 1. The van der Waals surface area contributed by atoms with Crippen molar-refractivity contribution < 1.29 is 4.39 Å². The maximum absolute atomic E-state index is 13.1. The second-order valence-corrected chi connectivity index (χ2v) is 5.55. The minimum Gasteiger partial charge on any atom is -0.310 e. The predicted molar refractivity (Wildman–Crippen MR) is 73.9 cm³/mol. The van der Waals surface area contributed by atoms with Crippen LogP contribution in [0, 0.1) is 11.7 Å². The van der Waals surface area contributed by atoms with Gasteiger partial charge in [0, 0.05) is 12.6 Å². The smallest absolute Gasteiger partial charge is 0.123 e. The summed E-state index contributed by atoms with van der Waals surface area (Å²) >= 11 is 0. The monoisotopic (exact) mass is 249 g/mol. The van der Waals surface area contributed by atoms with Crippen molar-refractivity contribution in [1.82, 2.24) is 5.32 Å². The quantitative estimate of drug-likeness (QED) is 0.786. The average molecular weight is 249 g/mol. The zero-order chi connectivity index (χ0) is 12.8. The molecular weight excluding hydrogens is 225 g/mol. The van der Waals surface area contributed by atoms with E-state index < -0.39 is 0 Å². The summed E-state index contributed by atoms with van der Waals surface area (Å²) in [6.45, 7) is 3.05. The van der Waals surface area contributed by atoms with Gasteiger partial charge in [-0.15, -0.1) is 0 Å². The van der Waals surface area contributed by atoms with Gasteiger partial charge >= 0.3 is 0 Å². The molecule has 0 radical (unpaired) electrons. The van der Waals surface area contributed by atoms with Gasteiger partial charge in [-0.3, -0.25) is 0 Å². The van der Waals surface area contributed by atoms with Crippen LogP contribution in [0.1, 0.15) is 51.0 Å². The van der Waals surface area contributed by atoms with Crippen molar-refractivity contribution >= 4 is 0 Å². The van der Waals surface area contributed by atoms with E-state index in [9.17, 15) is 4.39 Å². The molecule has 0 unspecified atom stereocenters. The van der Waals surface area contributed by atoms with Gasteiger partial charge in [0.1, 0.15) is 5.82 Å². The van der Waals surface area contributed by atoms with Gasteiger partial charge in [-0.1, -0.05) is 37.8 Å². The third-order valence-electron chi connectivity index (χ3n) is 4.12. The standard InChI is InChI=1S/C16H24FN/c1-13(15-8-4-2-3-5-9-15)18-12-14-7-6-10-16(17)11-14/h6-7,10-11,13,15,18H,2-5,8-9,12H2,1H3/t13-/m1/s1. The summed E-state index contributed by atoms with van der Waals surface area (Å²) in [4.78, 5) is 0. The van der Waals surface area contributed by atoms with Crippen molar-refractivity contribution in [1.29, 1.82) is 0 Å². The molecule has 1 saturated carbocycles. The van der Waals surface area contributed by atoms with Gasteiger partial charge < -0.3 is 5.32 Å². The number of hydrogen-bond acceptors (Lipinski definition) is 1. The molecule has 100 valence electrons. The Morgan fingerprint density at radius 2 is 1.94 bits per heavy atom. The number of halogens is 1. The summed E-state index contributed by atoms with van der Waals surface area (Å²) in [6, 6.07) is 7.41. The molecule has 1 aromatic rings. The lowest BCUT2D eigenvalue weighted by Crippen LogP contribution is -2.32. The van der Waals surface area contributed by atoms with Crippen LogP contribution in [0.5, 0.6) is 0 Å². The van der Waals surface area contributed by atoms with Crippen LogP contribution in [0.15, 0.2) is 24.3 Å². The lowest BCUT2D eigenvalue weighted by molar-refractivity contribution is 0.336. The first-order valence-corrected chi connectivity index (χ1v) is 7.23. The topological polar surface area (TPSA) is 12.0 Å². The highest BCUT2D eigenvalue weighted by Gasteiger charge is 2.18. The van der Waals surface area contributed by atoms with Crippen LogP contribution in [-0.2, 0) is 6.54 Å². The van der Waals surface area contributed by atoms with Gasteiger partial charge in [0.25, 0.3) is 0 Å². The van der Waals surface area contributed by atoms with E-state index in [0.717, 1.165) is 18.0 Å². The lowest BCUT2D eigenvalue weighted by atomic mass is 9.93. The Bertz CT molecular complexity index is 356. The van der Waals surface area contributed by atoms with E-state index in [2.05, 4.69) is 12.2 Å². The van der Waals surface area contributed by atoms with Gasteiger partial charge in [-0.05, 0) is 43.4 Å². The minimum absolute atomic E-state index is 0.142. The molecule has 1 aliphatic carbocycles. The molecular formula is C16H24FN. The molecule has 0 aromatic heterocycles. The van der Waals surface area contributed by atoms with Crippen LogP contribution in [-0.4, -0.2) is 6.04 Å². The van der Waals surface area contributed by atoms with Crippen molar-refractivity contribution in [2.24, 2.45) is 5.92 Å². The first kappa shape index (κ1) is 13.5. The van der Waals surface area contributed by atoms with Crippen LogP contribution < -0.4 is 5.32 Å². The molecule has 1 aliphatic rings. The van der Waals surface area contributed by atoms with Crippen molar-refractivity contribution in [3.8, 4) is 0 Å². The van der Waals surface area contributed by atoms with E-state index in [4.69, 9.17) is 0 Å². The van der Waals surface area contributed by atoms with Gasteiger partial charge in [-0.25, -0.2) is 4.39 Å². The third-order valence-corrected chi connectivity index (χ3v) is 4.12. The average Bonchev–Trinajstić information content (AvgIpc) is 2.65. The summed E-state index contributed by atoms with van der Waals surface area (Å²) in [7, 11) is 0. The first-order valence-electron chi connectivity index (χ1n) is 7.23. The predicted octanol–water partition coefficient (Wildman–Crippen LogP) is 4.27. The fraction of sp³-hybridized carbons (Fsp3) is 0.625. The van der Waals surface area contributed by atoms with E-state index in [1.54, 1.807) is 12.1 Å². The molecule has 0 heterocycles. The number of benzene rings is 1. The Kier molecular flexibility index (Phi) is 5.18. The van der Waals surface area contributed by atoms with Gasteiger partial charge in [0.05, 0.1) is 0 Å². The van der Waals surface area contributed by atoms with Crippen molar-refractivity contribution in [2.75, 3.05) is 0 Å². The van der Waals surface area contributed by atoms with Gasteiger partial charge in [0.2, 0.25) is 0 Å². The fourth-order valence-corrected chi connectivity index (χ4v) is 2.90. The molecule has 2 heteroatoms. The molecule has 1 fully saturated rings. The first-order chi connectivity index (χ1) is 8.75. The Morgan fingerprint density at radius 3 is 2.61 bits per heavy atom. The highest BCUT2D eigenvalue weighted by Crippen LogP contribution is 2.25. The molecule has 1 nitrogen and oxygen atoms in total. The molecule has 0 amide bonds. The van der Waals surface area contributed by atoms with Crippen LogP contribution >= 0.6 is 0 Å². The SMILES string of the molecule is C[C@@H](NCc1cccc(F)c1)C1CCCCCC1. The van der Waals surface area contributed by atoms with Crippen molar-refractivity contribution in [2.45, 2.75) is 58.0 Å². The summed E-state index contributed by atoms with van der Waals surface area (Å²) in [6.07, 6.45) is 8.22. The Balaban J connectivity index is 1.81. The second-order valence-electron chi connectivity index (χ2n) is 5.55. The highest BCUT2D eigenvalue weighted by atomic mass is 19.1. The molecule has 0 bridgehead atoms. The summed E-state index contributed by atoms with van der Waals surface area (Å²) in [5.74, 6) is 0.650. The van der Waals surface area contributed by atoms with Crippen LogP contribution in [0.2, 0.25) is 0 Å². The number of rotatable bonds is 4. The molecule has 0 aliphatic heterocycles. The van der Waals surface area contributed by atoms with E-state index >= 15 is 0 Å². The number of hydrogen-bond donors (Lipinski definition) is 1. The van der Waals surface area contributed by atoms with Crippen LogP contribution in [0.4, 0.5) is 4.39 Å². The van der Waals surface area contributed by atoms with E-state index in [0.29, 0.717) is 6.04 Å². The highest BCUT2D eigenvalue weighted by molar-refractivity contribution is 5.16. The fourth-order valence-electron chi connectivity index (χ4n) is 2.90. The summed E-state index contributed by atoms with van der Waals surface area (Å²) < 4.78 is 13.1. The molecule has 0 spiro atoms. The largest absolute Gasteiger partial charge is 0.310 e. The second kappa shape index (κ2) is 6.89. The Hall–Kier alpha value is -0.890. The maximum Gasteiger partial charge on any atom is 0.123 e. The molecule has 1 aromatic carbocycles. The zero-order valence-electron chi connectivity index (χ0n) is 11.3. The van der Waals surface area contributed by atoms with Crippen LogP contribution in [0.25, 0.3) is 0 Å². The molecule has 18 heavy (non-hydrogen) atoms. The van der Waals surface area contributed by atoms with E-state index in [-0.39, 0.29) is 5.82 Å². The normalized spacial score (nSPS) is 19.4. The molecule has 1 atom stereocenters. The molecule has 2 rings (SSSR count).